The maximum absolute atomic E-state index is 12.0. The van der Waals surface area contributed by atoms with E-state index in [9.17, 15) is 9.59 Å². The fraction of sp³-hybridized carbons (Fsp3) is 0.467. The molecule has 1 fully saturated rings. The summed E-state index contributed by atoms with van der Waals surface area (Å²) in [5.74, 6) is 1.77. The summed E-state index contributed by atoms with van der Waals surface area (Å²) in [6.07, 6.45) is 3.10. The summed E-state index contributed by atoms with van der Waals surface area (Å²) >= 11 is 3.48. The van der Waals surface area contributed by atoms with Crippen molar-refractivity contribution in [2.45, 2.75) is 18.7 Å². The SMILES string of the molecule is CSCCCN1C(=O)CSC1c1ccc(NC(C)=O)cc1. The minimum Gasteiger partial charge on any atom is -0.326 e. The van der Waals surface area contributed by atoms with Gasteiger partial charge in [-0.25, -0.2) is 0 Å². The van der Waals surface area contributed by atoms with Crippen molar-refractivity contribution in [3.8, 4) is 0 Å². The molecular formula is C15H20N2O2S2. The van der Waals surface area contributed by atoms with Crippen LogP contribution in [0.2, 0.25) is 0 Å². The predicted molar refractivity (Wildman–Crippen MR) is 90.7 cm³/mol. The van der Waals surface area contributed by atoms with E-state index in [1.165, 1.54) is 6.92 Å². The van der Waals surface area contributed by atoms with Gasteiger partial charge in [-0.05, 0) is 36.1 Å². The van der Waals surface area contributed by atoms with E-state index < -0.39 is 0 Å². The summed E-state index contributed by atoms with van der Waals surface area (Å²) in [7, 11) is 0. The molecule has 0 saturated carbocycles. The highest BCUT2D eigenvalue weighted by atomic mass is 32.2. The van der Waals surface area contributed by atoms with Gasteiger partial charge in [-0.2, -0.15) is 11.8 Å². The summed E-state index contributed by atoms with van der Waals surface area (Å²) in [6.45, 7) is 2.30. The van der Waals surface area contributed by atoms with Crippen molar-refractivity contribution in [3.63, 3.8) is 0 Å². The van der Waals surface area contributed by atoms with Gasteiger partial charge in [0.15, 0.2) is 0 Å². The number of benzene rings is 1. The molecule has 1 aliphatic rings. The Morgan fingerprint density at radius 3 is 2.76 bits per heavy atom. The van der Waals surface area contributed by atoms with Crippen molar-refractivity contribution in [1.82, 2.24) is 4.90 Å². The first-order valence-corrected chi connectivity index (χ1v) is 9.33. The Labute approximate surface area is 134 Å². The number of carbonyl (C=O) groups excluding carboxylic acids is 2. The number of hydrogen-bond donors (Lipinski definition) is 1. The van der Waals surface area contributed by atoms with Crippen molar-refractivity contribution in [1.29, 1.82) is 0 Å². The number of nitrogens with zero attached hydrogens (tertiary/aromatic N) is 1. The van der Waals surface area contributed by atoms with Crippen LogP contribution in [0.15, 0.2) is 24.3 Å². The molecule has 1 unspecified atom stereocenters. The van der Waals surface area contributed by atoms with Crippen LogP contribution in [0.25, 0.3) is 0 Å². The zero-order valence-corrected chi connectivity index (χ0v) is 13.9. The van der Waals surface area contributed by atoms with Gasteiger partial charge in [-0.15, -0.1) is 11.8 Å². The van der Waals surface area contributed by atoms with Crippen LogP contribution >= 0.6 is 23.5 Å². The number of rotatable bonds is 6. The average Bonchev–Trinajstić information content (AvgIpc) is 2.81. The minimum absolute atomic E-state index is 0.0770. The summed E-state index contributed by atoms with van der Waals surface area (Å²) in [5, 5.41) is 2.86. The topological polar surface area (TPSA) is 49.4 Å². The number of anilines is 1. The van der Waals surface area contributed by atoms with Crippen molar-refractivity contribution in [3.05, 3.63) is 29.8 Å². The zero-order valence-electron chi connectivity index (χ0n) is 12.3. The third-order valence-corrected chi connectivity index (χ3v) is 5.18. The normalized spacial score (nSPS) is 18.1. The maximum Gasteiger partial charge on any atom is 0.233 e. The standard InChI is InChI=1S/C15H20N2O2S2/c1-11(18)16-13-6-4-12(5-7-13)15-17(8-3-9-20-2)14(19)10-21-15/h4-7,15H,3,8-10H2,1-2H3,(H,16,18). The monoisotopic (exact) mass is 324 g/mol. The lowest BCUT2D eigenvalue weighted by atomic mass is 10.2. The number of carbonyl (C=O) groups is 2. The van der Waals surface area contributed by atoms with Crippen molar-refractivity contribution in [2.75, 3.05) is 29.6 Å². The molecule has 1 aromatic rings. The number of hydrogen-bond acceptors (Lipinski definition) is 4. The molecule has 0 bridgehead atoms. The van der Waals surface area contributed by atoms with Gasteiger partial charge in [0.2, 0.25) is 11.8 Å². The summed E-state index contributed by atoms with van der Waals surface area (Å²) in [5.41, 5.74) is 1.90. The molecule has 6 heteroatoms. The molecule has 4 nitrogen and oxygen atoms in total. The highest BCUT2D eigenvalue weighted by molar-refractivity contribution is 8.00. The molecule has 21 heavy (non-hydrogen) atoms. The second-order valence-corrected chi connectivity index (χ2v) is 6.95. The van der Waals surface area contributed by atoms with E-state index in [2.05, 4.69) is 11.6 Å². The van der Waals surface area contributed by atoms with Crippen LogP contribution < -0.4 is 5.32 Å². The molecule has 2 rings (SSSR count). The molecule has 1 N–H and O–H groups in total. The van der Waals surface area contributed by atoms with Crippen LogP contribution in [0.1, 0.15) is 24.3 Å². The lowest BCUT2D eigenvalue weighted by molar-refractivity contribution is -0.128. The molecular weight excluding hydrogens is 304 g/mol. The first kappa shape index (κ1) is 16.2. The van der Waals surface area contributed by atoms with E-state index in [1.807, 2.05) is 29.2 Å². The fourth-order valence-electron chi connectivity index (χ4n) is 2.29. The highest BCUT2D eigenvalue weighted by Crippen LogP contribution is 2.38. The lowest BCUT2D eigenvalue weighted by Gasteiger charge is -2.24. The van der Waals surface area contributed by atoms with Gasteiger partial charge in [-0.1, -0.05) is 12.1 Å². The molecule has 1 atom stereocenters. The number of nitrogens with one attached hydrogen (secondary N) is 1. The van der Waals surface area contributed by atoms with Crippen molar-refractivity contribution < 1.29 is 9.59 Å². The van der Waals surface area contributed by atoms with Gasteiger partial charge in [0.25, 0.3) is 0 Å². The molecule has 114 valence electrons. The van der Waals surface area contributed by atoms with E-state index in [4.69, 9.17) is 0 Å². The van der Waals surface area contributed by atoms with Crippen LogP contribution in [-0.2, 0) is 9.59 Å². The second-order valence-electron chi connectivity index (χ2n) is 4.90. The Kier molecular flexibility index (Phi) is 5.99. The Morgan fingerprint density at radius 1 is 1.43 bits per heavy atom. The smallest absolute Gasteiger partial charge is 0.233 e. The Morgan fingerprint density at radius 2 is 2.14 bits per heavy atom. The molecule has 2 amide bonds. The van der Waals surface area contributed by atoms with Crippen LogP contribution in [0.3, 0.4) is 0 Å². The Hall–Kier alpha value is -1.14. The maximum atomic E-state index is 12.0. The van der Waals surface area contributed by atoms with Crippen LogP contribution in [0.5, 0.6) is 0 Å². The minimum atomic E-state index is -0.0770. The van der Waals surface area contributed by atoms with E-state index in [-0.39, 0.29) is 17.2 Å². The van der Waals surface area contributed by atoms with Gasteiger partial charge in [0, 0.05) is 19.2 Å². The molecule has 1 aromatic carbocycles. The molecule has 0 spiro atoms. The van der Waals surface area contributed by atoms with Crippen molar-refractivity contribution >= 4 is 41.0 Å². The van der Waals surface area contributed by atoms with E-state index >= 15 is 0 Å². The molecule has 1 saturated heterocycles. The number of thioether (sulfide) groups is 2. The predicted octanol–water partition coefficient (Wildman–Crippen LogP) is 2.97. The van der Waals surface area contributed by atoms with Crippen LogP contribution in [0.4, 0.5) is 5.69 Å². The molecule has 1 aliphatic heterocycles. The van der Waals surface area contributed by atoms with Crippen molar-refractivity contribution in [2.24, 2.45) is 0 Å². The average molecular weight is 324 g/mol. The first-order valence-electron chi connectivity index (χ1n) is 6.89. The zero-order chi connectivity index (χ0) is 15.2. The highest BCUT2D eigenvalue weighted by Gasteiger charge is 2.32. The fourth-order valence-corrected chi connectivity index (χ4v) is 3.92. The number of amides is 2. The quantitative estimate of drug-likeness (QED) is 0.817. The van der Waals surface area contributed by atoms with Crippen LogP contribution in [-0.4, -0.2) is 41.0 Å². The third kappa shape index (κ3) is 4.41. The summed E-state index contributed by atoms with van der Waals surface area (Å²) < 4.78 is 0. The molecule has 0 radical (unpaired) electrons. The molecule has 0 aromatic heterocycles. The van der Waals surface area contributed by atoms with E-state index in [1.54, 1.807) is 23.5 Å². The van der Waals surface area contributed by atoms with E-state index in [0.717, 1.165) is 30.0 Å². The van der Waals surface area contributed by atoms with Gasteiger partial charge in [0.05, 0.1) is 5.75 Å². The third-order valence-electron chi connectivity index (χ3n) is 3.23. The molecule has 1 heterocycles. The van der Waals surface area contributed by atoms with Gasteiger partial charge >= 0.3 is 0 Å². The summed E-state index contributed by atoms with van der Waals surface area (Å²) in [4.78, 5) is 25.0. The largest absolute Gasteiger partial charge is 0.326 e. The second kappa shape index (κ2) is 7.75. The Balaban J connectivity index is 2.04. The summed E-state index contributed by atoms with van der Waals surface area (Å²) in [6, 6.07) is 7.76. The Bertz CT molecular complexity index is 505. The molecule has 0 aliphatic carbocycles. The van der Waals surface area contributed by atoms with Gasteiger partial charge in [0.1, 0.15) is 5.37 Å². The van der Waals surface area contributed by atoms with Crippen LogP contribution in [0, 0.1) is 0 Å². The lowest BCUT2D eigenvalue weighted by Crippen LogP contribution is -2.29. The van der Waals surface area contributed by atoms with E-state index in [0.29, 0.717) is 5.75 Å². The van der Waals surface area contributed by atoms with Gasteiger partial charge in [-0.3, -0.25) is 9.59 Å². The first-order chi connectivity index (χ1) is 10.1. The van der Waals surface area contributed by atoms with Gasteiger partial charge < -0.3 is 10.2 Å².